The highest BCUT2D eigenvalue weighted by Gasteiger charge is 2.23. The minimum atomic E-state index is -0.428. The van der Waals surface area contributed by atoms with Crippen molar-refractivity contribution in [2.75, 3.05) is 13.1 Å². The van der Waals surface area contributed by atoms with Crippen LogP contribution in [-0.4, -0.2) is 23.9 Å². The number of benzene rings is 1. The molecule has 0 spiro atoms. The molecule has 2 nitrogen and oxygen atoms in total. The third-order valence-corrected chi connectivity index (χ3v) is 2.97. The Morgan fingerprint density at radius 3 is 2.71 bits per heavy atom. The minimum absolute atomic E-state index is 0.188. The normalized spacial score (nSPS) is 15.1. The summed E-state index contributed by atoms with van der Waals surface area (Å²) in [5.74, 6) is -0.616. The molecule has 1 aromatic carbocycles. The van der Waals surface area contributed by atoms with Crippen LogP contribution < -0.4 is 0 Å². The van der Waals surface area contributed by atoms with Gasteiger partial charge >= 0.3 is 0 Å². The first-order chi connectivity index (χ1) is 6.68. The molecule has 0 unspecified atom stereocenters. The highest BCUT2D eigenvalue weighted by molar-refractivity contribution is 14.1. The van der Waals surface area contributed by atoms with Crippen molar-refractivity contribution >= 4 is 28.5 Å². The highest BCUT2D eigenvalue weighted by Crippen LogP contribution is 2.17. The van der Waals surface area contributed by atoms with Gasteiger partial charge < -0.3 is 4.90 Å². The third kappa shape index (κ3) is 1.75. The Bertz CT molecular complexity index is 376. The summed E-state index contributed by atoms with van der Waals surface area (Å²) in [7, 11) is 0. The van der Waals surface area contributed by atoms with Crippen LogP contribution in [0.1, 0.15) is 16.8 Å². The van der Waals surface area contributed by atoms with Crippen LogP contribution in [0.2, 0.25) is 0 Å². The molecule has 1 aliphatic rings. The topological polar surface area (TPSA) is 20.3 Å². The van der Waals surface area contributed by atoms with Crippen LogP contribution in [0.3, 0.4) is 0 Å². The number of carbonyl (C=O) groups excluding carboxylic acids is 1. The van der Waals surface area contributed by atoms with Crippen molar-refractivity contribution in [1.82, 2.24) is 4.90 Å². The molecule has 0 radical (unpaired) electrons. The molecule has 0 bridgehead atoms. The second-order valence-corrected chi connectivity index (χ2v) is 4.52. The Morgan fingerprint density at radius 1 is 1.43 bits per heavy atom. The van der Waals surface area contributed by atoms with Crippen LogP contribution in [0.25, 0.3) is 0 Å². The summed E-state index contributed by atoms with van der Waals surface area (Å²) in [5, 5.41) is 0. The fraction of sp³-hybridized carbons (Fsp3) is 0.300. The standard InChI is InChI=1S/C10H9FINO/c11-9-3-2-7(12)6-8(9)10(14)13-4-1-5-13/h2-3,6H,1,4-5H2. The fourth-order valence-electron chi connectivity index (χ4n) is 1.35. The molecule has 0 saturated carbocycles. The van der Waals surface area contributed by atoms with E-state index in [2.05, 4.69) is 22.6 Å². The summed E-state index contributed by atoms with van der Waals surface area (Å²) in [6.45, 7) is 1.51. The number of hydrogen-bond donors (Lipinski definition) is 0. The fourth-order valence-corrected chi connectivity index (χ4v) is 1.84. The van der Waals surface area contributed by atoms with Gasteiger partial charge in [-0.05, 0) is 47.2 Å². The first kappa shape index (κ1) is 9.89. The molecule has 1 aromatic rings. The van der Waals surface area contributed by atoms with Crippen LogP contribution in [0.4, 0.5) is 4.39 Å². The first-order valence-electron chi connectivity index (χ1n) is 4.43. The average molecular weight is 305 g/mol. The van der Waals surface area contributed by atoms with Crippen LogP contribution >= 0.6 is 22.6 Å². The molecule has 0 aliphatic carbocycles. The zero-order valence-corrected chi connectivity index (χ0v) is 9.62. The number of carbonyl (C=O) groups is 1. The van der Waals surface area contributed by atoms with Crippen molar-refractivity contribution in [1.29, 1.82) is 0 Å². The number of halogens is 2. The largest absolute Gasteiger partial charge is 0.338 e. The van der Waals surface area contributed by atoms with E-state index >= 15 is 0 Å². The molecule has 1 aliphatic heterocycles. The predicted molar refractivity (Wildman–Crippen MR) is 59.6 cm³/mol. The van der Waals surface area contributed by atoms with Crippen molar-refractivity contribution in [2.45, 2.75) is 6.42 Å². The molecule has 1 heterocycles. The van der Waals surface area contributed by atoms with E-state index in [1.54, 1.807) is 17.0 Å². The summed E-state index contributed by atoms with van der Waals surface area (Å²) in [6.07, 6.45) is 1.03. The number of amides is 1. The number of likely N-dealkylation sites (tertiary alicyclic amines) is 1. The predicted octanol–water partition coefficient (Wildman–Crippen LogP) is 2.28. The SMILES string of the molecule is O=C(c1cc(I)ccc1F)N1CCC1. The Kier molecular flexibility index (Phi) is 2.71. The van der Waals surface area contributed by atoms with Gasteiger partial charge in [-0.25, -0.2) is 4.39 Å². The van der Waals surface area contributed by atoms with E-state index in [0.717, 1.165) is 23.1 Å². The van der Waals surface area contributed by atoms with Crippen molar-refractivity contribution in [2.24, 2.45) is 0 Å². The molecule has 2 rings (SSSR count). The number of nitrogens with zero attached hydrogens (tertiary/aromatic N) is 1. The van der Waals surface area contributed by atoms with E-state index in [4.69, 9.17) is 0 Å². The Hall–Kier alpha value is -0.650. The summed E-state index contributed by atoms with van der Waals surface area (Å²) in [5.41, 5.74) is 0.191. The van der Waals surface area contributed by atoms with E-state index in [1.165, 1.54) is 6.07 Å². The smallest absolute Gasteiger partial charge is 0.256 e. The van der Waals surface area contributed by atoms with Crippen LogP contribution in [-0.2, 0) is 0 Å². The van der Waals surface area contributed by atoms with Gasteiger partial charge in [0.25, 0.3) is 5.91 Å². The number of hydrogen-bond acceptors (Lipinski definition) is 1. The average Bonchev–Trinajstić information content (AvgIpc) is 2.06. The zero-order chi connectivity index (χ0) is 10.1. The van der Waals surface area contributed by atoms with E-state index in [-0.39, 0.29) is 11.5 Å². The first-order valence-corrected chi connectivity index (χ1v) is 5.50. The Morgan fingerprint density at radius 2 is 2.14 bits per heavy atom. The monoisotopic (exact) mass is 305 g/mol. The van der Waals surface area contributed by atoms with Gasteiger partial charge in [-0.3, -0.25) is 4.79 Å². The zero-order valence-electron chi connectivity index (χ0n) is 7.46. The van der Waals surface area contributed by atoms with E-state index < -0.39 is 5.82 Å². The van der Waals surface area contributed by atoms with Gasteiger partial charge in [0.05, 0.1) is 5.56 Å². The van der Waals surface area contributed by atoms with Gasteiger partial charge in [0.1, 0.15) is 5.82 Å². The molecule has 1 amide bonds. The third-order valence-electron chi connectivity index (χ3n) is 2.30. The summed E-state index contributed by atoms with van der Waals surface area (Å²) < 4.78 is 14.2. The molecular formula is C10H9FINO. The van der Waals surface area contributed by atoms with E-state index in [0.29, 0.717) is 0 Å². The van der Waals surface area contributed by atoms with Gasteiger partial charge in [-0.2, -0.15) is 0 Å². The van der Waals surface area contributed by atoms with Crippen LogP contribution in [0, 0.1) is 9.39 Å². The molecule has 1 fully saturated rings. The molecule has 74 valence electrons. The van der Waals surface area contributed by atoms with Crippen LogP contribution in [0.5, 0.6) is 0 Å². The Balaban J connectivity index is 2.29. The van der Waals surface area contributed by atoms with E-state index in [9.17, 15) is 9.18 Å². The van der Waals surface area contributed by atoms with Crippen molar-refractivity contribution in [3.05, 3.63) is 33.1 Å². The molecule has 0 N–H and O–H groups in total. The van der Waals surface area contributed by atoms with E-state index in [1.807, 2.05) is 0 Å². The molecule has 0 aromatic heterocycles. The Labute approximate surface area is 95.2 Å². The maximum absolute atomic E-state index is 13.3. The maximum Gasteiger partial charge on any atom is 0.256 e. The quantitative estimate of drug-likeness (QED) is 0.729. The highest BCUT2D eigenvalue weighted by atomic mass is 127. The lowest BCUT2D eigenvalue weighted by Gasteiger charge is -2.31. The molecule has 0 atom stereocenters. The lowest BCUT2D eigenvalue weighted by atomic mass is 10.1. The molecule has 14 heavy (non-hydrogen) atoms. The van der Waals surface area contributed by atoms with Gasteiger partial charge in [-0.1, -0.05) is 0 Å². The molecule has 1 saturated heterocycles. The minimum Gasteiger partial charge on any atom is -0.338 e. The molecule has 4 heteroatoms. The lowest BCUT2D eigenvalue weighted by molar-refractivity contribution is 0.0647. The van der Waals surface area contributed by atoms with Gasteiger partial charge in [-0.15, -0.1) is 0 Å². The second-order valence-electron chi connectivity index (χ2n) is 3.27. The van der Waals surface area contributed by atoms with Crippen molar-refractivity contribution in [3.8, 4) is 0 Å². The van der Waals surface area contributed by atoms with Crippen molar-refractivity contribution < 1.29 is 9.18 Å². The second kappa shape index (κ2) is 3.84. The summed E-state index contributed by atoms with van der Waals surface area (Å²) >= 11 is 2.07. The van der Waals surface area contributed by atoms with Crippen LogP contribution in [0.15, 0.2) is 18.2 Å². The summed E-state index contributed by atoms with van der Waals surface area (Å²) in [6, 6.07) is 4.59. The maximum atomic E-state index is 13.3. The van der Waals surface area contributed by atoms with Gasteiger partial charge in [0.2, 0.25) is 0 Å². The van der Waals surface area contributed by atoms with Gasteiger partial charge in [0, 0.05) is 16.7 Å². The van der Waals surface area contributed by atoms with Gasteiger partial charge in [0.15, 0.2) is 0 Å². The number of rotatable bonds is 1. The van der Waals surface area contributed by atoms with Crippen molar-refractivity contribution in [3.63, 3.8) is 0 Å². The summed E-state index contributed by atoms with van der Waals surface area (Å²) in [4.78, 5) is 13.3. The molecular weight excluding hydrogens is 296 g/mol. The lowest BCUT2D eigenvalue weighted by Crippen LogP contribution is -2.42.